The van der Waals surface area contributed by atoms with Crippen molar-refractivity contribution in [3.05, 3.63) is 76.9 Å². The lowest BCUT2D eigenvalue weighted by Crippen LogP contribution is -2.23. The van der Waals surface area contributed by atoms with Gasteiger partial charge in [0.15, 0.2) is 0 Å². The molecule has 1 aliphatic carbocycles. The van der Waals surface area contributed by atoms with Gasteiger partial charge in [0, 0.05) is 16.5 Å². The van der Waals surface area contributed by atoms with Crippen molar-refractivity contribution >= 4 is 0 Å². The number of phenols is 1. The zero-order chi connectivity index (χ0) is 21.0. The van der Waals surface area contributed by atoms with Crippen LogP contribution < -0.4 is 0 Å². The molecule has 0 heterocycles. The molecule has 1 N–H and O–H groups in total. The summed E-state index contributed by atoms with van der Waals surface area (Å²) in [6, 6.07) is 19.9. The van der Waals surface area contributed by atoms with Gasteiger partial charge in [0.25, 0.3) is 0 Å². The molecule has 1 aliphatic rings. The van der Waals surface area contributed by atoms with E-state index in [0.717, 1.165) is 29.5 Å². The Kier molecular flexibility index (Phi) is 4.61. The molecule has 0 spiro atoms. The Bertz CT molecular complexity index is 1080. The van der Waals surface area contributed by atoms with E-state index in [0.29, 0.717) is 5.75 Å². The van der Waals surface area contributed by atoms with Crippen LogP contribution in [-0.4, -0.2) is 5.11 Å². The van der Waals surface area contributed by atoms with Crippen molar-refractivity contribution in [3.8, 4) is 28.0 Å². The van der Waals surface area contributed by atoms with Crippen molar-refractivity contribution in [2.45, 2.75) is 65.2 Å². The number of rotatable bonds is 3. The van der Waals surface area contributed by atoms with Gasteiger partial charge >= 0.3 is 0 Å². The third kappa shape index (κ3) is 2.90. The third-order valence-electron chi connectivity index (χ3n) is 6.85. The Labute approximate surface area is 175 Å². The summed E-state index contributed by atoms with van der Waals surface area (Å²) in [5.41, 5.74) is 9.74. The van der Waals surface area contributed by atoms with E-state index in [4.69, 9.17) is 0 Å². The summed E-state index contributed by atoms with van der Waals surface area (Å²) in [5.74, 6) is 0.414. The number of phenolic OH excluding ortho intramolecular Hbond substituents is 1. The van der Waals surface area contributed by atoms with Crippen molar-refractivity contribution in [3.63, 3.8) is 0 Å². The van der Waals surface area contributed by atoms with Crippen LogP contribution in [0.4, 0.5) is 0 Å². The smallest absolute Gasteiger partial charge is 0.127 e. The molecule has 0 atom stereocenters. The average molecular weight is 385 g/mol. The Morgan fingerprint density at radius 1 is 0.793 bits per heavy atom. The SMILES string of the molecule is CCC1(CC)c2ccccc2-c2ccc(-c3cc(C)cc(C(C)(C)C)c3O)cc21. The van der Waals surface area contributed by atoms with Crippen LogP contribution in [0.3, 0.4) is 0 Å². The fourth-order valence-electron chi connectivity index (χ4n) is 5.21. The molecule has 3 aromatic carbocycles. The van der Waals surface area contributed by atoms with E-state index in [2.05, 4.69) is 96.1 Å². The highest BCUT2D eigenvalue weighted by atomic mass is 16.3. The molecule has 4 rings (SSSR count). The highest BCUT2D eigenvalue weighted by Gasteiger charge is 2.40. The van der Waals surface area contributed by atoms with Gasteiger partial charge in [-0.15, -0.1) is 0 Å². The second kappa shape index (κ2) is 6.76. The molecule has 0 radical (unpaired) electrons. The first-order valence-corrected chi connectivity index (χ1v) is 10.8. The molecule has 0 bridgehead atoms. The van der Waals surface area contributed by atoms with E-state index in [1.807, 2.05) is 0 Å². The molecular weight excluding hydrogens is 352 g/mol. The molecule has 0 saturated carbocycles. The topological polar surface area (TPSA) is 20.2 Å². The van der Waals surface area contributed by atoms with E-state index < -0.39 is 0 Å². The normalized spacial score (nSPS) is 14.6. The predicted octanol–water partition coefficient (Wildman–Crippen LogP) is 7.75. The number of benzene rings is 3. The van der Waals surface area contributed by atoms with E-state index in [-0.39, 0.29) is 10.8 Å². The largest absolute Gasteiger partial charge is 0.507 e. The van der Waals surface area contributed by atoms with E-state index in [1.54, 1.807) is 0 Å². The molecule has 0 aliphatic heterocycles. The summed E-state index contributed by atoms with van der Waals surface area (Å²) in [4.78, 5) is 0. The molecule has 0 amide bonds. The number of hydrogen-bond donors (Lipinski definition) is 1. The highest BCUT2D eigenvalue weighted by Crippen LogP contribution is 2.53. The quantitative estimate of drug-likeness (QED) is 0.489. The van der Waals surface area contributed by atoms with Crippen LogP contribution in [0.5, 0.6) is 5.75 Å². The Morgan fingerprint density at radius 3 is 2.10 bits per heavy atom. The minimum absolute atomic E-state index is 0.0498. The van der Waals surface area contributed by atoms with Crippen molar-refractivity contribution in [2.24, 2.45) is 0 Å². The van der Waals surface area contributed by atoms with Crippen molar-refractivity contribution in [1.29, 1.82) is 0 Å². The van der Waals surface area contributed by atoms with Crippen LogP contribution >= 0.6 is 0 Å². The molecule has 1 nitrogen and oxygen atoms in total. The van der Waals surface area contributed by atoms with Crippen LogP contribution in [0.2, 0.25) is 0 Å². The summed E-state index contributed by atoms with van der Waals surface area (Å²) in [6.07, 6.45) is 2.15. The molecule has 3 aromatic rings. The van der Waals surface area contributed by atoms with Crippen LogP contribution in [0.1, 0.15) is 69.7 Å². The molecule has 150 valence electrons. The number of hydrogen-bond acceptors (Lipinski definition) is 1. The van der Waals surface area contributed by atoms with Crippen LogP contribution in [0.25, 0.3) is 22.3 Å². The fourth-order valence-corrected chi connectivity index (χ4v) is 5.21. The monoisotopic (exact) mass is 384 g/mol. The summed E-state index contributed by atoms with van der Waals surface area (Å²) < 4.78 is 0. The Hall–Kier alpha value is -2.54. The van der Waals surface area contributed by atoms with E-state index >= 15 is 0 Å². The molecule has 29 heavy (non-hydrogen) atoms. The summed E-state index contributed by atoms with van der Waals surface area (Å²) >= 11 is 0. The second-order valence-corrected chi connectivity index (χ2v) is 9.55. The van der Waals surface area contributed by atoms with Gasteiger partial charge in [0.2, 0.25) is 0 Å². The third-order valence-corrected chi connectivity index (χ3v) is 6.85. The lowest BCUT2D eigenvalue weighted by molar-refractivity contribution is 0.448. The van der Waals surface area contributed by atoms with Gasteiger partial charge in [-0.1, -0.05) is 77.1 Å². The molecule has 0 aromatic heterocycles. The maximum Gasteiger partial charge on any atom is 0.127 e. The van der Waals surface area contributed by atoms with Crippen LogP contribution in [0, 0.1) is 6.92 Å². The zero-order valence-corrected chi connectivity index (χ0v) is 18.6. The van der Waals surface area contributed by atoms with Gasteiger partial charge in [0.05, 0.1) is 0 Å². The van der Waals surface area contributed by atoms with Crippen molar-refractivity contribution < 1.29 is 5.11 Å². The first-order valence-electron chi connectivity index (χ1n) is 10.8. The lowest BCUT2D eigenvalue weighted by Gasteiger charge is -2.30. The molecular formula is C28H32O. The summed E-state index contributed by atoms with van der Waals surface area (Å²) in [7, 11) is 0. The number of aromatic hydroxyl groups is 1. The molecule has 0 saturated heterocycles. The second-order valence-electron chi connectivity index (χ2n) is 9.55. The molecule has 0 fully saturated rings. The lowest BCUT2D eigenvalue weighted by atomic mass is 9.73. The first-order chi connectivity index (χ1) is 13.7. The number of aryl methyl sites for hydroxylation is 1. The van der Waals surface area contributed by atoms with Gasteiger partial charge in [0.1, 0.15) is 5.75 Å². The van der Waals surface area contributed by atoms with Crippen molar-refractivity contribution in [1.82, 2.24) is 0 Å². The van der Waals surface area contributed by atoms with Gasteiger partial charge < -0.3 is 5.11 Å². The highest BCUT2D eigenvalue weighted by molar-refractivity contribution is 5.85. The minimum Gasteiger partial charge on any atom is -0.507 e. The van der Waals surface area contributed by atoms with Crippen LogP contribution in [-0.2, 0) is 10.8 Å². The standard InChI is InChI=1S/C28H32O/c1-7-28(8-2)23-12-10-9-11-20(23)21-14-13-19(17-24(21)28)22-15-18(3)16-25(26(22)29)27(4,5)6/h9-17,29H,7-8H2,1-6H3. The zero-order valence-electron chi connectivity index (χ0n) is 18.6. The maximum atomic E-state index is 11.2. The minimum atomic E-state index is -0.103. The van der Waals surface area contributed by atoms with Gasteiger partial charge in [-0.25, -0.2) is 0 Å². The van der Waals surface area contributed by atoms with E-state index in [9.17, 15) is 5.11 Å². The number of fused-ring (bicyclic) bond motifs is 3. The van der Waals surface area contributed by atoms with Gasteiger partial charge in [-0.3, -0.25) is 0 Å². The Balaban J connectivity index is 1.96. The van der Waals surface area contributed by atoms with Gasteiger partial charge in [-0.2, -0.15) is 0 Å². The predicted molar refractivity (Wildman–Crippen MR) is 124 cm³/mol. The maximum absolute atomic E-state index is 11.2. The van der Waals surface area contributed by atoms with E-state index in [1.165, 1.54) is 27.8 Å². The molecule has 0 unspecified atom stereocenters. The average Bonchev–Trinajstić information content (AvgIpc) is 2.98. The first kappa shape index (κ1) is 19.8. The fraction of sp³-hybridized carbons (Fsp3) is 0.357. The summed E-state index contributed by atoms with van der Waals surface area (Å²) in [6.45, 7) is 13.2. The Morgan fingerprint density at radius 2 is 1.45 bits per heavy atom. The summed E-state index contributed by atoms with van der Waals surface area (Å²) in [5, 5.41) is 11.2. The molecule has 1 heteroatoms. The van der Waals surface area contributed by atoms with Crippen molar-refractivity contribution in [2.75, 3.05) is 0 Å². The van der Waals surface area contributed by atoms with Gasteiger partial charge in [-0.05, 0) is 70.7 Å². The van der Waals surface area contributed by atoms with Crippen LogP contribution in [0.15, 0.2) is 54.6 Å².